The van der Waals surface area contributed by atoms with Gasteiger partial charge in [-0.15, -0.1) is 0 Å². The summed E-state index contributed by atoms with van der Waals surface area (Å²) in [6.45, 7) is 0.0586. The van der Waals surface area contributed by atoms with Gasteiger partial charge in [0.1, 0.15) is 5.75 Å². The zero-order valence-corrected chi connectivity index (χ0v) is 12.5. The molecule has 0 aliphatic heterocycles. The Balaban J connectivity index is 2.51. The average Bonchev–Trinajstić information content (AvgIpc) is 2.45. The zero-order chi connectivity index (χ0) is 15.7. The summed E-state index contributed by atoms with van der Waals surface area (Å²) in [5.74, 6) is 0.103. The molecule has 5 nitrogen and oxygen atoms in total. The van der Waals surface area contributed by atoms with Crippen molar-refractivity contribution >= 4 is 23.0 Å². The Kier molecular flexibility index (Phi) is 7.55. The number of benzene rings is 1. The molecule has 21 heavy (non-hydrogen) atoms. The minimum absolute atomic E-state index is 0.103. The summed E-state index contributed by atoms with van der Waals surface area (Å²) in [5.41, 5.74) is 4.12. The molecule has 0 heterocycles. The molecule has 0 spiro atoms. The molecule has 0 saturated carbocycles. The van der Waals surface area contributed by atoms with E-state index in [1.54, 1.807) is 26.2 Å². The van der Waals surface area contributed by atoms with Gasteiger partial charge in [-0.3, -0.25) is 5.43 Å². The summed E-state index contributed by atoms with van der Waals surface area (Å²) < 4.78 is 33.2. The standard InChI is InChI=1S/C13H17F2N3O2S/c1-9(17-18-13(21)16-7-8-19-2)10-3-5-11(6-4-10)20-12(14)15/h3-6,12H,7-8H2,1-2H3,(H2,16,18,21)/b17-9-. The number of hydrazone groups is 1. The third-order valence-corrected chi connectivity index (χ3v) is 2.65. The molecule has 1 aromatic rings. The smallest absolute Gasteiger partial charge is 0.387 e. The highest BCUT2D eigenvalue weighted by molar-refractivity contribution is 7.80. The number of alkyl halides is 2. The molecule has 1 aromatic carbocycles. The van der Waals surface area contributed by atoms with E-state index in [-0.39, 0.29) is 5.75 Å². The molecule has 0 aliphatic rings. The molecule has 8 heteroatoms. The first-order valence-electron chi connectivity index (χ1n) is 6.15. The van der Waals surface area contributed by atoms with Gasteiger partial charge in [0.25, 0.3) is 0 Å². The Bertz CT molecular complexity index is 481. The van der Waals surface area contributed by atoms with Crippen molar-refractivity contribution in [2.45, 2.75) is 13.5 Å². The minimum Gasteiger partial charge on any atom is -0.435 e. The van der Waals surface area contributed by atoms with Crippen molar-refractivity contribution in [1.82, 2.24) is 10.7 Å². The van der Waals surface area contributed by atoms with E-state index in [4.69, 9.17) is 17.0 Å². The Morgan fingerprint density at radius 2 is 2.00 bits per heavy atom. The van der Waals surface area contributed by atoms with Crippen LogP contribution in [0.3, 0.4) is 0 Å². The summed E-state index contributed by atoms with van der Waals surface area (Å²) >= 11 is 5.02. The second kappa shape index (κ2) is 9.19. The normalized spacial score (nSPS) is 11.4. The van der Waals surface area contributed by atoms with E-state index >= 15 is 0 Å². The quantitative estimate of drug-likeness (QED) is 0.349. The highest BCUT2D eigenvalue weighted by atomic mass is 32.1. The lowest BCUT2D eigenvalue weighted by atomic mass is 10.1. The van der Waals surface area contributed by atoms with Crippen LogP contribution in [-0.2, 0) is 4.74 Å². The van der Waals surface area contributed by atoms with Crippen LogP contribution in [0, 0.1) is 0 Å². The summed E-state index contributed by atoms with van der Waals surface area (Å²) in [6.07, 6.45) is 0. The van der Waals surface area contributed by atoms with Gasteiger partial charge in [-0.05, 0) is 49.0 Å². The van der Waals surface area contributed by atoms with Gasteiger partial charge >= 0.3 is 6.61 Å². The van der Waals surface area contributed by atoms with Gasteiger partial charge in [0.05, 0.1) is 12.3 Å². The van der Waals surface area contributed by atoms with E-state index in [1.165, 1.54) is 12.1 Å². The monoisotopic (exact) mass is 317 g/mol. The maximum Gasteiger partial charge on any atom is 0.387 e. The maximum absolute atomic E-state index is 12.0. The van der Waals surface area contributed by atoms with Crippen molar-refractivity contribution in [3.05, 3.63) is 29.8 Å². The molecule has 0 amide bonds. The lowest BCUT2D eigenvalue weighted by Crippen LogP contribution is -2.34. The average molecular weight is 317 g/mol. The second-order valence-corrected chi connectivity index (χ2v) is 4.37. The number of thiocarbonyl (C=S) groups is 1. The van der Waals surface area contributed by atoms with E-state index in [1.807, 2.05) is 0 Å². The first-order chi connectivity index (χ1) is 10.0. The SMILES string of the molecule is COCCNC(=S)N/N=C(/C)c1ccc(OC(F)F)cc1. The van der Waals surface area contributed by atoms with Crippen LogP contribution >= 0.6 is 12.2 Å². The molecule has 0 aromatic heterocycles. The van der Waals surface area contributed by atoms with E-state index in [0.717, 1.165) is 5.56 Å². The fourth-order valence-electron chi connectivity index (χ4n) is 1.38. The highest BCUT2D eigenvalue weighted by Gasteiger charge is 2.04. The van der Waals surface area contributed by atoms with Crippen molar-refractivity contribution in [2.24, 2.45) is 5.10 Å². The molecule has 0 saturated heterocycles. The number of nitrogens with zero attached hydrogens (tertiary/aromatic N) is 1. The van der Waals surface area contributed by atoms with Crippen LogP contribution in [0.25, 0.3) is 0 Å². The summed E-state index contributed by atoms with van der Waals surface area (Å²) in [6, 6.07) is 6.19. The first kappa shape index (κ1) is 17.3. The van der Waals surface area contributed by atoms with Crippen LogP contribution in [0.15, 0.2) is 29.4 Å². The molecular weight excluding hydrogens is 300 g/mol. The van der Waals surface area contributed by atoms with E-state index in [2.05, 4.69) is 20.6 Å². The number of nitrogens with one attached hydrogen (secondary N) is 2. The summed E-state index contributed by atoms with van der Waals surface area (Å²) in [7, 11) is 1.60. The van der Waals surface area contributed by atoms with E-state index in [9.17, 15) is 8.78 Å². The van der Waals surface area contributed by atoms with Gasteiger partial charge in [0.2, 0.25) is 0 Å². The lowest BCUT2D eigenvalue weighted by molar-refractivity contribution is -0.0498. The Hall–Kier alpha value is -1.80. The predicted octanol–water partition coefficient (Wildman–Crippen LogP) is 2.12. The maximum atomic E-state index is 12.0. The van der Waals surface area contributed by atoms with E-state index in [0.29, 0.717) is 24.0 Å². The fourth-order valence-corrected chi connectivity index (χ4v) is 1.53. The van der Waals surface area contributed by atoms with Crippen molar-refractivity contribution in [2.75, 3.05) is 20.3 Å². The zero-order valence-electron chi connectivity index (χ0n) is 11.7. The second-order valence-electron chi connectivity index (χ2n) is 3.96. The molecule has 0 bridgehead atoms. The van der Waals surface area contributed by atoms with Gasteiger partial charge < -0.3 is 14.8 Å². The van der Waals surface area contributed by atoms with Crippen molar-refractivity contribution < 1.29 is 18.3 Å². The molecule has 0 unspecified atom stereocenters. The van der Waals surface area contributed by atoms with Crippen LogP contribution in [0.2, 0.25) is 0 Å². The third kappa shape index (κ3) is 6.96. The predicted molar refractivity (Wildman–Crippen MR) is 80.9 cm³/mol. The number of hydrogen-bond acceptors (Lipinski definition) is 4. The minimum atomic E-state index is -2.83. The summed E-state index contributed by atoms with van der Waals surface area (Å²) in [4.78, 5) is 0. The number of ether oxygens (including phenoxy) is 2. The van der Waals surface area contributed by atoms with Crippen LogP contribution in [-0.4, -0.2) is 37.7 Å². The Labute approximate surface area is 127 Å². The largest absolute Gasteiger partial charge is 0.435 e. The molecule has 0 atom stereocenters. The topological polar surface area (TPSA) is 54.9 Å². The van der Waals surface area contributed by atoms with Gasteiger partial charge in [-0.2, -0.15) is 13.9 Å². The number of hydrogen-bond donors (Lipinski definition) is 2. The fraction of sp³-hybridized carbons (Fsp3) is 0.385. The molecule has 2 N–H and O–H groups in total. The number of rotatable bonds is 7. The Morgan fingerprint density at radius 3 is 2.57 bits per heavy atom. The number of halogens is 2. The van der Waals surface area contributed by atoms with Gasteiger partial charge in [0, 0.05) is 13.7 Å². The first-order valence-corrected chi connectivity index (χ1v) is 6.56. The molecular formula is C13H17F2N3O2S. The third-order valence-electron chi connectivity index (χ3n) is 2.41. The van der Waals surface area contributed by atoms with Gasteiger partial charge in [-0.1, -0.05) is 0 Å². The highest BCUT2D eigenvalue weighted by Crippen LogP contribution is 2.15. The van der Waals surface area contributed by atoms with Crippen LogP contribution < -0.4 is 15.5 Å². The van der Waals surface area contributed by atoms with Crippen LogP contribution in [0.5, 0.6) is 5.75 Å². The van der Waals surface area contributed by atoms with Crippen LogP contribution in [0.4, 0.5) is 8.78 Å². The Morgan fingerprint density at radius 1 is 1.33 bits per heavy atom. The molecule has 0 fully saturated rings. The van der Waals surface area contributed by atoms with Crippen molar-refractivity contribution in [1.29, 1.82) is 0 Å². The van der Waals surface area contributed by atoms with Crippen molar-refractivity contribution in [3.63, 3.8) is 0 Å². The van der Waals surface area contributed by atoms with E-state index < -0.39 is 6.61 Å². The molecule has 0 radical (unpaired) electrons. The van der Waals surface area contributed by atoms with Crippen LogP contribution in [0.1, 0.15) is 12.5 Å². The molecule has 1 rings (SSSR count). The van der Waals surface area contributed by atoms with Gasteiger partial charge in [0.15, 0.2) is 5.11 Å². The number of methoxy groups -OCH3 is 1. The molecule has 116 valence electrons. The molecule has 0 aliphatic carbocycles. The van der Waals surface area contributed by atoms with Gasteiger partial charge in [-0.25, -0.2) is 0 Å². The van der Waals surface area contributed by atoms with Crippen molar-refractivity contribution in [3.8, 4) is 5.75 Å². The lowest BCUT2D eigenvalue weighted by Gasteiger charge is -2.08. The summed E-state index contributed by atoms with van der Waals surface area (Å²) in [5, 5.41) is 7.38.